The van der Waals surface area contributed by atoms with E-state index in [9.17, 15) is 4.79 Å². The van der Waals surface area contributed by atoms with Crippen LogP contribution in [-0.2, 0) is 10.2 Å². The number of rotatable bonds is 9. The molecule has 0 radical (unpaired) electrons. The highest BCUT2D eigenvalue weighted by molar-refractivity contribution is 6.78. The van der Waals surface area contributed by atoms with E-state index in [0.29, 0.717) is 33.5 Å². The van der Waals surface area contributed by atoms with Crippen molar-refractivity contribution >= 4 is 14.3 Å². The quantitative estimate of drug-likeness (QED) is 0.226. The highest BCUT2D eigenvalue weighted by Gasteiger charge is 2.47. The molecule has 6 heteroatoms. The Morgan fingerprint density at radius 1 is 0.946 bits per heavy atom. The lowest BCUT2D eigenvalue weighted by molar-refractivity contribution is 0.0600. The van der Waals surface area contributed by atoms with Gasteiger partial charge in [-0.2, -0.15) is 0 Å². The van der Waals surface area contributed by atoms with Gasteiger partial charge in [0.25, 0.3) is 8.32 Å². The van der Waals surface area contributed by atoms with Crippen molar-refractivity contribution in [3.05, 3.63) is 88.0 Å². The Balaban J connectivity index is 2.20. The fraction of sp³-hybridized carbons (Fsp3) is 0.452. The first kappa shape index (κ1) is 28.7. The summed E-state index contributed by atoms with van der Waals surface area (Å²) in [5, 5.41) is 0. The van der Waals surface area contributed by atoms with Crippen LogP contribution in [0, 0.1) is 19.7 Å². The molecule has 0 amide bonds. The zero-order valence-electron chi connectivity index (χ0n) is 24.0. The molecule has 0 bridgehead atoms. The van der Waals surface area contributed by atoms with Gasteiger partial charge in [0.15, 0.2) is 0 Å². The minimum atomic E-state index is -2.24. The lowest BCUT2D eigenvalue weighted by atomic mass is 9.71. The van der Waals surface area contributed by atoms with Gasteiger partial charge in [0.05, 0.1) is 18.1 Å². The van der Waals surface area contributed by atoms with E-state index in [1.54, 1.807) is 12.1 Å². The first-order valence-electron chi connectivity index (χ1n) is 13.1. The molecular weight excluding hydrogens is 481 g/mol. The molecule has 4 nitrogen and oxygen atoms in total. The van der Waals surface area contributed by atoms with Gasteiger partial charge in [-0.15, -0.1) is 0 Å². The number of carbonyl (C=O) groups is 1. The van der Waals surface area contributed by atoms with Crippen molar-refractivity contribution in [1.82, 2.24) is 4.98 Å². The minimum absolute atomic E-state index is 0.305. The van der Waals surface area contributed by atoms with Gasteiger partial charge in [0.2, 0.25) is 0 Å². The van der Waals surface area contributed by atoms with Gasteiger partial charge < -0.3 is 14.1 Å². The van der Waals surface area contributed by atoms with Crippen molar-refractivity contribution in [2.24, 2.45) is 0 Å². The zero-order chi connectivity index (χ0) is 27.7. The summed E-state index contributed by atoms with van der Waals surface area (Å²) in [6.45, 7) is 19.2. The number of hydrogen-bond donors (Lipinski definition) is 1. The molecule has 1 atom stereocenters. The molecule has 37 heavy (non-hydrogen) atoms. The summed E-state index contributed by atoms with van der Waals surface area (Å²) in [6, 6.07) is 13.0. The van der Waals surface area contributed by atoms with E-state index in [1.165, 1.54) is 7.11 Å². The minimum Gasteiger partial charge on any atom is -0.543 e. The van der Waals surface area contributed by atoms with Crippen molar-refractivity contribution in [1.29, 1.82) is 0 Å². The zero-order valence-corrected chi connectivity index (χ0v) is 25.0. The SMILES string of the molecule is COC(=O)c1ccc(C(C)(c2ccc[nH]2)c2c(C)cc(O[Si](C(C)C)(C(C)C)C(C)C)cc2F)cc1C. The van der Waals surface area contributed by atoms with Gasteiger partial charge in [-0.25, -0.2) is 9.18 Å². The summed E-state index contributed by atoms with van der Waals surface area (Å²) >= 11 is 0. The Labute approximate surface area is 222 Å². The van der Waals surface area contributed by atoms with E-state index in [2.05, 4.69) is 46.5 Å². The molecular formula is C31H42FNO3Si. The fourth-order valence-electron chi connectivity index (χ4n) is 6.35. The second-order valence-electron chi connectivity index (χ2n) is 11.2. The highest BCUT2D eigenvalue weighted by Crippen LogP contribution is 2.46. The first-order valence-corrected chi connectivity index (χ1v) is 15.3. The third-order valence-corrected chi connectivity index (χ3v) is 14.1. The van der Waals surface area contributed by atoms with E-state index >= 15 is 4.39 Å². The van der Waals surface area contributed by atoms with Gasteiger partial charge >= 0.3 is 5.97 Å². The Kier molecular flexibility index (Phi) is 8.42. The maximum atomic E-state index is 16.3. The number of ether oxygens (including phenoxy) is 1. The number of methoxy groups -OCH3 is 1. The van der Waals surface area contributed by atoms with Crippen molar-refractivity contribution in [3.63, 3.8) is 0 Å². The Bertz CT molecular complexity index is 1200. The average molecular weight is 524 g/mol. The third kappa shape index (κ3) is 5.00. The predicted octanol–water partition coefficient (Wildman–Crippen LogP) is 8.47. The van der Waals surface area contributed by atoms with Crippen molar-refractivity contribution in [3.8, 4) is 5.75 Å². The lowest BCUT2D eigenvalue weighted by Gasteiger charge is -2.42. The van der Waals surface area contributed by atoms with E-state index in [0.717, 1.165) is 22.4 Å². The van der Waals surface area contributed by atoms with Gasteiger partial charge in [-0.05, 0) is 78.4 Å². The van der Waals surface area contributed by atoms with Gasteiger partial charge in [-0.1, -0.05) is 53.7 Å². The summed E-state index contributed by atoms with van der Waals surface area (Å²) in [5.74, 6) is -0.0869. The molecule has 1 heterocycles. The smallest absolute Gasteiger partial charge is 0.338 e. The Hall–Kier alpha value is -2.86. The summed E-state index contributed by atoms with van der Waals surface area (Å²) in [7, 11) is -0.868. The van der Waals surface area contributed by atoms with Crippen molar-refractivity contribution < 1.29 is 18.3 Å². The molecule has 1 unspecified atom stereocenters. The van der Waals surface area contributed by atoms with Crippen LogP contribution in [0.5, 0.6) is 5.75 Å². The number of benzene rings is 2. The van der Waals surface area contributed by atoms with Crippen LogP contribution in [0.25, 0.3) is 0 Å². The summed E-state index contributed by atoms with van der Waals surface area (Å²) in [5.41, 5.74) is 4.76. The largest absolute Gasteiger partial charge is 0.543 e. The fourth-order valence-corrected chi connectivity index (χ4v) is 11.6. The number of aromatic nitrogens is 1. The summed E-state index contributed by atoms with van der Waals surface area (Å²) < 4.78 is 28.0. The molecule has 0 saturated carbocycles. The van der Waals surface area contributed by atoms with E-state index in [1.807, 2.05) is 57.3 Å². The number of aryl methyl sites for hydroxylation is 2. The van der Waals surface area contributed by atoms with Crippen LogP contribution in [0.3, 0.4) is 0 Å². The first-order chi connectivity index (χ1) is 17.3. The lowest BCUT2D eigenvalue weighted by Crippen LogP contribution is -2.50. The summed E-state index contributed by atoms with van der Waals surface area (Å²) in [6.07, 6.45) is 1.85. The molecule has 1 aromatic heterocycles. The molecule has 1 N–H and O–H groups in total. The molecule has 0 aliphatic rings. The van der Waals surface area contributed by atoms with E-state index in [-0.39, 0.29) is 11.8 Å². The number of hydrogen-bond acceptors (Lipinski definition) is 3. The number of carbonyl (C=O) groups excluding carboxylic acids is 1. The maximum Gasteiger partial charge on any atom is 0.338 e. The van der Waals surface area contributed by atoms with E-state index in [4.69, 9.17) is 9.16 Å². The van der Waals surface area contributed by atoms with Crippen LogP contribution in [0.15, 0.2) is 48.7 Å². The van der Waals surface area contributed by atoms with Gasteiger partial charge in [-0.3, -0.25) is 0 Å². The van der Waals surface area contributed by atoms with Crippen molar-refractivity contribution in [2.45, 2.75) is 84.4 Å². The predicted molar refractivity (Wildman–Crippen MR) is 152 cm³/mol. The van der Waals surface area contributed by atoms with Crippen molar-refractivity contribution in [2.75, 3.05) is 7.11 Å². The highest BCUT2D eigenvalue weighted by atomic mass is 28.4. The van der Waals surface area contributed by atoms with Crippen LogP contribution in [0.2, 0.25) is 16.6 Å². The molecule has 3 rings (SSSR count). The molecule has 0 saturated heterocycles. The maximum absolute atomic E-state index is 16.3. The summed E-state index contributed by atoms with van der Waals surface area (Å²) in [4.78, 5) is 15.5. The van der Waals surface area contributed by atoms with Gasteiger partial charge in [0.1, 0.15) is 11.6 Å². The number of nitrogens with one attached hydrogen (secondary N) is 1. The number of halogens is 1. The normalized spacial score (nSPS) is 13.8. The molecule has 2 aromatic carbocycles. The topological polar surface area (TPSA) is 51.3 Å². The standard InChI is InChI=1S/C31H42FNO3Si/c1-19(2)37(20(3)4,21(5)6)36-25-17-23(8)29(27(32)18-25)31(9,28-12-11-15-33-28)24-13-14-26(22(7)16-24)30(34)35-10/h11-21,33H,1-10H3. The number of H-pyrrole nitrogens is 1. The van der Waals surface area contributed by atoms with Gasteiger partial charge in [0, 0.05) is 23.5 Å². The second kappa shape index (κ2) is 10.9. The molecule has 0 aliphatic carbocycles. The molecule has 3 aromatic rings. The van der Waals surface area contributed by atoms with Crippen LogP contribution in [0.4, 0.5) is 4.39 Å². The Morgan fingerprint density at radius 2 is 1.57 bits per heavy atom. The molecule has 0 spiro atoms. The number of aromatic amines is 1. The van der Waals surface area contributed by atoms with E-state index < -0.39 is 13.7 Å². The second-order valence-corrected chi connectivity index (χ2v) is 16.6. The van der Waals surface area contributed by atoms with Crippen LogP contribution in [-0.4, -0.2) is 26.4 Å². The van der Waals surface area contributed by atoms with Crippen LogP contribution < -0.4 is 4.43 Å². The van der Waals surface area contributed by atoms with Crippen LogP contribution >= 0.6 is 0 Å². The Morgan fingerprint density at radius 3 is 2.03 bits per heavy atom. The van der Waals surface area contributed by atoms with Crippen LogP contribution in [0.1, 0.15) is 86.8 Å². The molecule has 0 fully saturated rings. The third-order valence-electron chi connectivity index (χ3n) is 8.11. The molecule has 0 aliphatic heterocycles. The monoisotopic (exact) mass is 523 g/mol. The average Bonchev–Trinajstić information content (AvgIpc) is 3.36. The number of esters is 1. The molecule has 200 valence electrons.